The van der Waals surface area contributed by atoms with Crippen molar-refractivity contribution < 1.29 is 14.3 Å². The van der Waals surface area contributed by atoms with Crippen LogP contribution in [-0.4, -0.2) is 35.6 Å². The molecule has 0 saturated heterocycles. The number of rotatable bonds is 2. The van der Waals surface area contributed by atoms with Crippen LogP contribution in [0.1, 0.15) is 43.6 Å². The van der Waals surface area contributed by atoms with Crippen molar-refractivity contribution >= 4 is 17.4 Å². The predicted molar refractivity (Wildman–Crippen MR) is 99.9 cm³/mol. The molecule has 7 heteroatoms. The van der Waals surface area contributed by atoms with E-state index >= 15 is 0 Å². The summed E-state index contributed by atoms with van der Waals surface area (Å²) in [5, 5.41) is 0. The van der Waals surface area contributed by atoms with Crippen LogP contribution >= 0.6 is 0 Å². The number of fused-ring (bicyclic) bond motifs is 1. The smallest absolute Gasteiger partial charge is 0.321 e. The molecule has 2 N–H and O–H groups in total. The number of methoxy groups -OCH3 is 1. The number of benzene rings is 1. The van der Waals surface area contributed by atoms with Crippen molar-refractivity contribution in [2.75, 3.05) is 24.3 Å². The zero-order valence-electron chi connectivity index (χ0n) is 15.7. The third-order valence-corrected chi connectivity index (χ3v) is 4.32. The lowest BCUT2D eigenvalue weighted by Gasteiger charge is -2.24. The largest absolute Gasteiger partial charge is 0.472 e. The first kappa shape index (κ1) is 18.0. The van der Waals surface area contributed by atoms with Crippen LogP contribution in [0.15, 0.2) is 24.3 Å². The lowest BCUT2D eigenvalue weighted by molar-refractivity contribution is 0.0988. The molecule has 0 radical (unpaired) electrons. The van der Waals surface area contributed by atoms with Gasteiger partial charge in [-0.25, -0.2) is 0 Å². The maximum atomic E-state index is 13.1. The van der Waals surface area contributed by atoms with Crippen LogP contribution < -0.4 is 20.1 Å². The van der Waals surface area contributed by atoms with E-state index in [1.54, 1.807) is 4.90 Å². The van der Waals surface area contributed by atoms with Crippen molar-refractivity contribution in [3.63, 3.8) is 0 Å². The quantitative estimate of drug-likeness (QED) is 0.890. The van der Waals surface area contributed by atoms with E-state index in [0.717, 1.165) is 5.69 Å². The lowest BCUT2D eigenvalue weighted by atomic mass is 9.87. The van der Waals surface area contributed by atoms with Gasteiger partial charge < -0.3 is 20.1 Å². The predicted octanol–water partition coefficient (Wildman–Crippen LogP) is 2.79. The highest BCUT2D eigenvalue weighted by molar-refractivity contribution is 6.10. The summed E-state index contributed by atoms with van der Waals surface area (Å²) in [7, 11) is 1.44. The molecule has 1 aromatic heterocycles. The average molecular weight is 356 g/mol. The van der Waals surface area contributed by atoms with E-state index in [9.17, 15) is 4.79 Å². The van der Waals surface area contributed by atoms with Crippen LogP contribution in [0.5, 0.6) is 11.9 Å². The molecule has 0 fully saturated rings. The highest BCUT2D eigenvalue weighted by Gasteiger charge is 2.32. The van der Waals surface area contributed by atoms with Gasteiger partial charge in [0, 0.05) is 5.69 Å². The highest BCUT2D eigenvalue weighted by Crippen LogP contribution is 2.32. The molecule has 138 valence electrons. The van der Waals surface area contributed by atoms with Gasteiger partial charge in [-0.2, -0.15) is 9.97 Å². The molecule has 0 saturated carbocycles. The molecule has 0 unspecified atom stereocenters. The van der Waals surface area contributed by atoms with Gasteiger partial charge in [-0.1, -0.05) is 32.9 Å². The summed E-state index contributed by atoms with van der Waals surface area (Å²) >= 11 is 0. The second-order valence-corrected chi connectivity index (χ2v) is 7.42. The van der Waals surface area contributed by atoms with E-state index in [4.69, 9.17) is 15.2 Å². The van der Waals surface area contributed by atoms with Crippen molar-refractivity contribution in [2.45, 2.75) is 39.2 Å². The van der Waals surface area contributed by atoms with Crippen LogP contribution in [0.4, 0.5) is 11.5 Å². The second-order valence-electron chi connectivity index (χ2n) is 7.42. The zero-order chi connectivity index (χ0) is 19.1. The fraction of sp³-hybridized carbons (Fsp3) is 0.421. The second kappa shape index (κ2) is 6.48. The van der Waals surface area contributed by atoms with Crippen molar-refractivity contribution in [3.8, 4) is 11.9 Å². The Morgan fingerprint density at radius 1 is 1.23 bits per heavy atom. The van der Waals surface area contributed by atoms with Gasteiger partial charge in [0.2, 0.25) is 5.88 Å². The van der Waals surface area contributed by atoms with Gasteiger partial charge >= 0.3 is 6.01 Å². The van der Waals surface area contributed by atoms with E-state index in [-0.39, 0.29) is 40.7 Å². The average Bonchev–Trinajstić information content (AvgIpc) is 2.70. The summed E-state index contributed by atoms with van der Waals surface area (Å²) in [4.78, 5) is 22.9. The highest BCUT2D eigenvalue weighted by atomic mass is 16.5. The first-order valence-electron chi connectivity index (χ1n) is 8.51. The van der Waals surface area contributed by atoms with Gasteiger partial charge in [0.25, 0.3) is 5.91 Å². The van der Waals surface area contributed by atoms with Gasteiger partial charge in [0.1, 0.15) is 17.5 Å². The number of nitrogens with two attached hydrogens (primary N) is 1. The van der Waals surface area contributed by atoms with Gasteiger partial charge in [0.05, 0.1) is 13.7 Å². The molecule has 2 aromatic rings. The first-order valence-corrected chi connectivity index (χ1v) is 8.51. The van der Waals surface area contributed by atoms with Crippen LogP contribution in [0.2, 0.25) is 0 Å². The van der Waals surface area contributed by atoms with E-state index in [0.29, 0.717) is 6.54 Å². The number of anilines is 2. The zero-order valence-corrected chi connectivity index (χ0v) is 15.7. The van der Waals surface area contributed by atoms with Crippen LogP contribution in [0, 0.1) is 0 Å². The summed E-state index contributed by atoms with van der Waals surface area (Å²) < 4.78 is 10.8. The number of nitrogens with zero attached hydrogens (tertiary/aromatic N) is 3. The fourth-order valence-electron chi connectivity index (χ4n) is 2.88. The number of nitrogen functional groups attached to an aromatic ring is 1. The molecule has 1 amide bonds. The molecule has 0 aliphatic carbocycles. The molecule has 2 heterocycles. The standard InChI is InChI=1S/C19H24N4O3/c1-11-10-23(13-8-6-12(7-9-13)19(2,3)4)17(24)14-15(20)21-18(25-5)22-16(14)26-11/h6-9,11H,10H2,1-5H3,(H2,20,21,22)/t11-/m1/s1. The first-order chi connectivity index (χ1) is 12.2. The van der Waals surface area contributed by atoms with Crippen LogP contribution in [0.25, 0.3) is 0 Å². The third-order valence-electron chi connectivity index (χ3n) is 4.32. The summed E-state index contributed by atoms with van der Waals surface area (Å²) in [5.74, 6) is -0.0871. The van der Waals surface area contributed by atoms with E-state index in [2.05, 4.69) is 30.7 Å². The Labute approximate surface area is 153 Å². The number of aromatic nitrogens is 2. The number of hydrogen-bond acceptors (Lipinski definition) is 6. The molecule has 1 aliphatic heterocycles. The van der Waals surface area contributed by atoms with Gasteiger partial charge in [-0.3, -0.25) is 4.79 Å². The molecule has 0 spiro atoms. The van der Waals surface area contributed by atoms with Crippen molar-refractivity contribution in [1.29, 1.82) is 0 Å². The summed E-state index contributed by atoms with van der Waals surface area (Å²) in [6.07, 6.45) is -0.263. The molecule has 0 bridgehead atoms. The Morgan fingerprint density at radius 3 is 2.46 bits per heavy atom. The topological polar surface area (TPSA) is 90.6 Å². The van der Waals surface area contributed by atoms with Crippen molar-refractivity contribution in [2.24, 2.45) is 0 Å². The summed E-state index contributed by atoms with van der Waals surface area (Å²) in [6.45, 7) is 8.71. The lowest BCUT2D eigenvalue weighted by Crippen LogP contribution is -2.36. The fourth-order valence-corrected chi connectivity index (χ4v) is 2.88. The van der Waals surface area contributed by atoms with E-state index in [1.807, 2.05) is 31.2 Å². The molecule has 1 atom stereocenters. The normalized spacial score (nSPS) is 17.3. The minimum Gasteiger partial charge on any atom is -0.472 e. The molecule has 1 aromatic carbocycles. The molecular formula is C19H24N4O3. The Balaban J connectivity index is 2.03. The molecular weight excluding hydrogens is 332 g/mol. The summed E-state index contributed by atoms with van der Waals surface area (Å²) in [6, 6.07) is 8.03. The van der Waals surface area contributed by atoms with Crippen LogP contribution in [0.3, 0.4) is 0 Å². The Morgan fingerprint density at radius 2 is 1.88 bits per heavy atom. The van der Waals surface area contributed by atoms with Crippen molar-refractivity contribution in [3.05, 3.63) is 35.4 Å². The van der Waals surface area contributed by atoms with E-state index in [1.165, 1.54) is 12.7 Å². The molecule has 1 aliphatic rings. The number of hydrogen-bond donors (Lipinski definition) is 1. The minimum absolute atomic E-state index is 0.0408. The Kier molecular flexibility index (Phi) is 4.48. The van der Waals surface area contributed by atoms with Gasteiger partial charge in [-0.15, -0.1) is 0 Å². The van der Waals surface area contributed by atoms with Crippen molar-refractivity contribution in [1.82, 2.24) is 9.97 Å². The molecule has 7 nitrogen and oxygen atoms in total. The van der Waals surface area contributed by atoms with E-state index < -0.39 is 0 Å². The maximum Gasteiger partial charge on any atom is 0.321 e. The molecule has 3 rings (SSSR count). The number of amides is 1. The van der Waals surface area contributed by atoms with Gasteiger partial charge in [-0.05, 0) is 30.0 Å². The SMILES string of the molecule is COc1nc(N)c2c(n1)O[C@H](C)CN(c1ccc(C(C)(C)C)cc1)C2=O. The Bertz CT molecular complexity index is 828. The number of carbonyl (C=O) groups is 1. The molecule has 26 heavy (non-hydrogen) atoms. The summed E-state index contributed by atoms with van der Waals surface area (Å²) in [5.41, 5.74) is 8.16. The minimum atomic E-state index is -0.284. The number of ether oxygens (including phenoxy) is 2. The van der Waals surface area contributed by atoms with Crippen LogP contribution in [-0.2, 0) is 5.41 Å². The van der Waals surface area contributed by atoms with Gasteiger partial charge in [0.15, 0.2) is 0 Å². The Hall–Kier alpha value is -2.83. The monoisotopic (exact) mass is 356 g/mol. The number of carbonyl (C=O) groups excluding carboxylic acids is 1. The maximum absolute atomic E-state index is 13.1. The third kappa shape index (κ3) is 3.29.